The summed E-state index contributed by atoms with van der Waals surface area (Å²) >= 11 is 0. The molecule has 2 aromatic heterocycles. The highest BCUT2D eigenvalue weighted by Crippen LogP contribution is 2.14. The quantitative estimate of drug-likeness (QED) is 0.843. The van der Waals surface area contributed by atoms with Crippen LogP contribution in [-0.2, 0) is 0 Å². The first-order valence-corrected chi connectivity index (χ1v) is 6.53. The summed E-state index contributed by atoms with van der Waals surface area (Å²) in [6, 6.07) is 5.12. The molecule has 1 fully saturated rings. The molecule has 0 aromatic carbocycles. The first-order chi connectivity index (χ1) is 8.70. The predicted octanol–water partition coefficient (Wildman–Crippen LogP) is 1.59. The number of aromatic nitrogens is 3. The standard InChI is InChI=1S/C13H19N5/c1-9-4-6-18-12(7-9)16-13(17-18)15-11-3-5-14-10(2)8-11/h4,6-7,10-11,14H,3,5,8H2,1-2H3,(H,15,17). The Kier molecular flexibility index (Phi) is 2.91. The van der Waals surface area contributed by atoms with Crippen molar-refractivity contribution in [1.29, 1.82) is 0 Å². The minimum absolute atomic E-state index is 0.472. The molecule has 5 nitrogen and oxygen atoms in total. The number of aryl methyl sites for hydroxylation is 1. The average molecular weight is 245 g/mol. The number of piperidine rings is 1. The molecule has 0 bridgehead atoms. The summed E-state index contributed by atoms with van der Waals surface area (Å²) in [6.45, 7) is 5.34. The van der Waals surface area contributed by atoms with E-state index in [4.69, 9.17) is 0 Å². The van der Waals surface area contributed by atoms with Crippen molar-refractivity contribution in [3.05, 3.63) is 23.9 Å². The third-order valence-corrected chi connectivity index (χ3v) is 3.45. The molecule has 96 valence electrons. The SMILES string of the molecule is Cc1ccn2nc(NC3CCNC(C)C3)nc2c1. The van der Waals surface area contributed by atoms with E-state index in [1.54, 1.807) is 0 Å². The fourth-order valence-electron chi connectivity index (χ4n) is 2.49. The Balaban J connectivity index is 1.78. The van der Waals surface area contributed by atoms with E-state index in [-0.39, 0.29) is 0 Å². The zero-order valence-electron chi connectivity index (χ0n) is 10.8. The lowest BCUT2D eigenvalue weighted by Crippen LogP contribution is -2.41. The maximum absolute atomic E-state index is 4.51. The summed E-state index contributed by atoms with van der Waals surface area (Å²) in [5.41, 5.74) is 2.11. The molecule has 0 radical (unpaired) electrons. The van der Waals surface area contributed by atoms with Gasteiger partial charge in [-0.05, 0) is 50.9 Å². The molecule has 2 aromatic rings. The zero-order valence-corrected chi connectivity index (χ0v) is 10.8. The monoisotopic (exact) mass is 245 g/mol. The van der Waals surface area contributed by atoms with Crippen LogP contribution in [0.15, 0.2) is 18.3 Å². The maximum atomic E-state index is 4.51. The second kappa shape index (κ2) is 4.57. The van der Waals surface area contributed by atoms with Gasteiger partial charge in [0, 0.05) is 18.3 Å². The van der Waals surface area contributed by atoms with Crippen LogP contribution in [0.25, 0.3) is 5.65 Å². The molecule has 1 saturated heterocycles. The van der Waals surface area contributed by atoms with Gasteiger partial charge in [0.2, 0.25) is 5.95 Å². The van der Waals surface area contributed by atoms with Gasteiger partial charge in [-0.1, -0.05) is 0 Å². The van der Waals surface area contributed by atoms with E-state index in [2.05, 4.69) is 34.6 Å². The molecule has 0 spiro atoms. The Morgan fingerprint density at radius 3 is 3.22 bits per heavy atom. The van der Waals surface area contributed by atoms with Crippen molar-refractivity contribution in [1.82, 2.24) is 19.9 Å². The van der Waals surface area contributed by atoms with E-state index in [1.807, 2.05) is 22.8 Å². The predicted molar refractivity (Wildman–Crippen MR) is 71.8 cm³/mol. The van der Waals surface area contributed by atoms with Gasteiger partial charge >= 0.3 is 0 Å². The number of rotatable bonds is 2. The van der Waals surface area contributed by atoms with E-state index < -0.39 is 0 Å². The molecule has 5 heteroatoms. The summed E-state index contributed by atoms with van der Waals surface area (Å²) in [5.74, 6) is 0.736. The third-order valence-electron chi connectivity index (χ3n) is 3.45. The molecule has 18 heavy (non-hydrogen) atoms. The van der Waals surface area contributed by atoms with Crippen LogP contribution in [0.3, 0.4) is 0 Å². The van der Waals surface area contributed by atoms with Gasteiger partial charge in [-0.15, -0.1) is 5.10 Å². The first kappa shape index (κ1) is 11.5. The highest BCUT2D eigenvalue weighted by molar-refractivity contribution is 5.45. The first-order valence-electron chi connectivity index (χ1n) is 6.53. The number of pyridine rings is 1. The second-order valence-corrected chi connectivity index (χ2v) is 5.16. The van der Waals surface area contributed by atoms with Crippen molar-refractivity contribution in [3.63, 3.8) is 0 Å². The lowest BCUT2D eigenvalue weighted by atomic mass is 10.0. The van der Waals surface area contributed by atoms with Crippen molar-refractivity contribution >= 4 is 11.6 Å². The van der Waals surface area contributed by atoms with Gasteiger partial charge in [0.1, 0.15) is 0 Å². The number of fused-ring (bicyclic) bond motifs is 1. The largest absolute Gasteiger partial charge is 0.350 e. The molecule has 0 amide bonds. The maximum Gasteiger partial charge on any atom is 0.243 e. The number of hydrogen-bond acceptors (Lipinski definition) is 4. The zero-order chi connectivity index (χ0) is 12.5. The van der Waals surface area contributed by atoms with Gasteiger partial charge in [0.25, 0.3) is 0 Å². The molecule has 2 atom stereocenters. The summed E-state index contributed by atoms with van der Waals surface area (Å²) in [7, 11) is 0. The molecule has 1 aliphatic rings. The van der Waals surface area contributed by atoms with Crippen LogP contribution < -0.4 is 10.6 Å². The lowest BCUT2D eigenvalue weighted by molar-refractivity contribution is 0.395. The number of hydrogen-bond donors (Lipinski definition) is 2. The lowest BCUT2D eigenvalue weighted by Gasteiger charge is -2.28. The number of nitrogens with zero attached hydrogens (tertiary/aromatic N) is 3. The Morgan fingerprint density at radius 2 is 2.39 bits per heavy atom. The van der Waals surface area contributed by atoms with E-state index in [9.17, 15) is 0 Å². The van der Waals surface area contributed by atoms with Crippen LogP contribution in [0.2, 0.25) is 0 Å². The normalized spacial score (nSPS) is 24.3. The Hall–Kier alpha value is -1.62. The van der Waals surface area contributed by atoms with Crippen LogP contribution in [0, 0.1) is 6.92 Å². The molecular formula is C13H19N5. The molecule has 1 aliphatic heterocycles. The number of nitrogens with one attached hydrogen (secondary N) is 2. The van der Waals surface area contributed by atoms with Crippen molar-refractivity contribution < 1.29 is 0 Å². The van der Waals surface area contributed by atoms with E-state index in [0.29, 0.717) is 12.1 Å². The average Bonchev–Trinajstić information content (AvgIpc) is 2.70. The second-order valence-electron chi connectivity index (χ2n) is 5.16. The summed E-state index contributed by atoms with van der Waals surface area (Å²) in [4.78, 5) is 4.51. The van der Waals surface area contributed by atoms with E-state index in [0.717, 1.165) is 31.0 Å². The topological polar surface area (TPSA) is 54.2 Å². The Labute approximate surface area is 107 Å². The molecule has 3 heterocycles. The van der Waals surface area contributed by atoms with Gasteiger partial charge in [-0.25, -0.2) is 4.52 Å². The molecule has 0 aliphatic carbocycles. The fourth-order valence-corrected chi connectivity index (χ4v) is 2.49. The van der Waals surface area contributed by atoms with Crippen molar-refractivity contribution in [2.45, 2.75) is 38.8 Å². The third kappa shape index (κ3) is 2.31. The van der Waals surface area contributed by atoms with E-state index in [1.165, 1.54) is 5.56 Å². The molecule has 2 unspecified atom stereocenters. The highest BCUT2D eigenvalue weighted by atomic mass is 15.3. The van der Waals surface area contributed by atoms with Crippen LogP contribution >= 0.6 is 0 Å². The van der Waals surface area contributed by atoms with Crippen LogP contribution in [0.1, 0.15) is 25.3 Å². The molecule has 0 saturated carbocycles. The molecule has 2 N–H and O–H groups in total. The summed E-state index contributed by atoms with van der Waals surface area (Å²) in [6.07, 6.45) is 4.20. The Bertz CT molecular complexity index is 547. The molecule has 3 rings (SSSR count). The smallest absolute Gasteiger partial charge is 0.243 e. The fraction of sp³-hybridized carbons (Fsp3) is 0.538. The Morgan fingerprint density at radius 1 is 1.50 bits per heavy atom. The van der Waals surface area contributed by atoms with Gasteiger partial charge in [-0.3, -0.25) is 0 Å². The van der Waals surface area contributed by atoms with Crippen molar-refractivity contribution in [2.24, 2.45) is 0 Å². The minimum Gasteiger partial charge on any atom is -0.350 e. The van der Waals surface area contributed by atoms with Crippen LogP contribution in [-0.4, -0.2) is 33.2 Å². The van der Waals surface area contributed by atoms with E-state index >= 15 is 0 Å². The van der Waals surface area contributed by atoms with Crippen molar-refractivity contribution in [3.8, 4) is 0 Å². The van der Waals surface area contributed by atoms with Gasteiger partial charge in [0.15, 0.2) is 5.65 Å². The molecular weight excluding hydrogens is 226 g/mol. The minimum atomic E-state index is 0.472. The summed E-state index contributed by atoms with van der Waals surface area (Å²) in [5, 5.41) is 11.3. The summed E-state index contributed by atoms with van der Waals surface area (Å²) < 4.78 is 1.82. The van der Waals surface area contributed by atoms with Crippen LogP contribution in [0.4, 0.5) is 5.95 Å². The van der Waals surface area contributed by atoms with Gasteiger partial charge in [-0.2, -0.15) is 4.98 Å². The highest BCUT2D eigenvalue weighted by Gasteiger charge is 2.19. The number of anilines is 1. The van der Waals surface area contributed by atoms with Crippen molar-refractivity contribution in [2.75, 3.05) is 11.9 Å². The van der Waals surface area contributed by atoms with Gasteiger partial charge in [0.05, 0.1) is 0 Å². The van der Waals surface area contributed by atoms with Gasteiger partial charge < -0.3 is 10.6 Å². The van der Waals surface area contributed by atoms with Crippen LogP contribution in [0.5, 0.6) is 0 Å².